The Hall–Kier alpha value is -5.18. The van der Waals surface area contributed by atoms with E-state index in [1.807, 2.05) is 0 Å². The van der Waals surface area contributed by atoms with Crippen LogP contribution in [0, 0.1) is 20.2 Å². The van der Waals surface area contributed by atoms with Gasteiger partial charge in [0, 0.05) is 34.6 Å². The van der Waals surface area contributed by atoms with Crippen LogP contribution in [-0.2, 0) is 19.1 Å². The number of methoxy groups -OCH3 is 1. The first-order valence-corrected chi connectivity index (χ1v) is 13.0. The Morgan fingerprint density at radius 3 is 2.19 bits per heavy atom. The second-order valence-corrected chi connectivity index (χ2v) is 9.44. The number of nitro benzene ring substituents is 2. The van der Waals surface area contributed by atoms with Crippen LogP contribution in [0.4, 0.5) is 22.7 Å². The van der Waals surface area contributed by atoms with Gasteiger partial charge in [-0.2, -0.15) is 5.10 Å². The third-order valence-electron chi connectivity index (χ3n) is 5.62. The molecule has 0 atom stereocenters. The summed E-state index contributed by atoms with van der Waals surface area (Å²) in [5.41, 5.74) is 3.00. The summed E-state index contributed by atoms with van der Waals surface area (Å²) in [5.74, 6) is -1.43. The van der Waals surface area contributed by atoms with Gasteiger partial charge in [-0.3, -0.25) is 35.2 Å². The van der Waals surface area contributed by atoms with Crippen LogP contribution in [0.2, 0.25) is 0 Å². The number of hydrogen-bond donors (Lipinski definition) is 2. The van der Waals surface area contributed by atoms with Gasteiger partial charge in [0.1, 0.15) is 18.0 Å². The van der Waals surface area contributed by atoms with Crippen molar-refractivity contribution in [2.24, 2.45) is 5.10 Å². The van der Waals surface area contributed by atoms with E-state index in [0.29, 0.717) is 16.8 Å². The van der Waals surface area contributed by atoms with E-state index in [1.54, 1.807) is 36.4 Å². The zero-order valence-corrected chi connectivity index (χ0v) is 23.7. The number of non-ortho nitro benzene ring substituents is 1. The minimum atomic E-state index is -0.780. The molecule has 15 heteroatoms. The fourth-order valence-corrected chi connectivity index (χ4v) is 3.74. The first kappa shape index (κ1) is 31.3. The van der Waals surface area contributed by atoms with Crippen molar-refractivity contribution < 1.29 is 33.7 Å². The van der Waals surface area contributed by atoms with Crippen molar-refractivity contribution in [3.8, 4) is 0 Å². The number of esters is 2. The minimum absolute atomic E-state index is 0.0346. The minimum Gasteiger partial charge on any atom is -0.465 e. The van der Waals surface area contributed by atoms with Gasteiger partial charge in [0.15, 0.2) is 0 Å². The number of carbonyl (C=O) groups excluding carboxylic acids is 3. The maximum atomic E-state index is 12.4. The Morgan fingerprint density at radius 2 is 1.57 bits per heavy atom. The summed E-state index contributed by atoms with van der Waals surface area (Å²) in [6.45, 7) is -0.299. The van der Waals surface area contributed by atoms with Crippen molar-refractivity contribution in [1.29, 1.82) is 0 Å². The zero-order valence-electron chi connectivity index (χ0n) is 22.1. The Labute approximate surface area is 247 Å². The van der Waals surface area contributed by atoms with Gasteiger partial charge in [-0.25, -0.2) is 4.79 Å². The number of benzene rings is 3. The summed E-state index contributed by atoms with van der Waals surface area (Å²) in [5, 5.41) is 29.3. The SMILES string of the molecule is COC(=O)c1ccc(NC(=O)CCCC(=O)OC/C(=N\Nc2ccc([N+](=O)[O-])cc2[N+](=O)[O-])c2ccc(Br)cc2)cc1. The van der Waals surface area contributed by atoms with Crippen LogP contribution in [0.1, 0.15) is 35.2 Å². The first-order valence-electron chi connectivity index (χ1n) is 12.2. The second kappa shape index (κ2) is 15.0. The van der Waals surface area contributed by atoms with Gasteiger partial charge in [-0.15, -0.1) is 0 Å². The van der Waals surface area contributed by atoms with E-state index in [4.69, 9.17) is 4.74 Å². The smallest absolute Gasteiger partial charge is 0.337 e. The molecule has 0 spiro atoms. The van der Waals surface area contributed by atoms with Crippen molar-refractivity contribution in [3.05, 3.63) is 103 Å². The molecule has 0 fully saturated rings. The summed E-state index contributed by atoms with van der Waals surface area (Å²) in [7, 11) is 1.27. The quantitative estimate of drug-likeness (QED) is 0.108. The molecule has 3 rings (SSSR count). The average molecular weight is 642 g/mol. The molecule has 42 heavy (non-hydrogen) atoms. The van der Waals surface area contributed by atoms with Crippen molar-refractivity contribution in [1.82, 2.24) is 0 Å². The topological polar surface area (TPSA) is 192 Å². The number of hydrogen-bond acceptors (Lipinski definition) is 11. The van der Waals surface area contributed by atoms with Crippen molar-refractivity contribution in [3.63, 3.8) is 0 Å². The molecular weight excluding hydrogens is 618 g/mol. The highest BCUT2D eigenvalue weighted by molar-refractivity contribution is 9.10. The number of amides is 1. The van der Waals surface area contributed by atoms with Crippen LogP contribution in [0.3, 0.4) is 0 Å². The van der Waals surface area contributed by atoms with E-state index < -0.39 is 33.2 Å². The zero-order chi connectivity index (χ0) is 30.6. The van der Waals surface area contributed by atoms with Gasteiger partial charge in [0.2, 0.25) is 5.91 Å². The summed E-state index contributed by atoms with van der Waals surface area (Å²) in [6, 6.07) is 16.0. The third kappa shape index (κ3) is 9.19. The molecular formula is C27H24BrN5O9. The summed E-state index contributed by atoms with van der Waals surface area (Å²) in [4.78, 5) is 57.0. The number of hydrazone groups is 1. The largest absolute Gasteiger partial charge is 0.465 e. The normalized spacial score (nSPS) is 10.9. The molecule has 0 radical (unpaired) electrons. The Balaban J connectivity index is 1.59. The Kier molecular flexibility index (Phi) is 11.2. The summed E-state index contributed by atoms with van der Waals surface area (Å²) < 4.78 is 10.7. The number of nitrogens with zero attached hydrogens (tertiary/aromatic N) is 3. The molecule has 0 aromatic heterocycles. The highest BCUT2D eigenvalue weighted by atomic mass is 79.9. The van der Waals surface area contributed by atoms with Crippen LogP contribution in [0.5, 0.6) is 0 Å². The Bertz CT molecular complexity index is 1510. The molecule has 218 valence electrons. The Morgan fingerprint density at radius 1 is 0.905 bits per heavy atom. The number of nitro groups is 2. The average Bonchev–Trinajstić information content (AvgIpc) is 2.97. The number of nitrogens with one attached hydrogen (secondary N) is 2. The first-order chi connectivity index (χ1) is 20.1. The van der Waals surface area contributed by atoms with E-state index in [2.05, 4.69) is 36.5 Å². The molecule has 0 saturated heterocycles. The number of rotatable bonds is 13. The lowest BCUT2D eigenvalue weighted by Crippen LogP contribution is -2.17. The molecule has 0 aliphatic carbocycles. The summed E-state index contributed by atoms with van der Waals surface area (Å²) in [6.07, 6.45) is 0.166. The van der Waals surface area contributed by atoms with E-state index >= 15 is 0 Å². The molecule has 2 N–H and O–H groups in total. The molecule has 3 aromatic rings. The van der Waals surface area contributed by atoms with Crippen LogP contribution < -0.4 is 10.7 Å². The van der Waals surface area contributed by atoms with Crippen LogP contribution in [0.25, 0.3) is 0 Å². The van der Waals surface area contributed by atoms with Crippen LogP contribution >= 0.6 is 15.9 Å². The monoisotopic (exact) mass is 641 g/mol. The van der Waals surface area contributed by atoms with E-state index in [9.17, 15) is 34.6 Å². The maximum Gasteiger partial charge on any atom is 0.337 e. The lowest BCUT2D eigenvalue weighted by molar-refractivity contribution is -0.393. The molecule has 0 aliphatic rings. The standard InChI is InChI=1S/C27H24BrN5O9/c1-41-27(36)18-7-11-20(12-8-18)29-25(34)3-2-4-26(35)42-16-23(17-5-9-19(28)10-6-17)31-30-22-14-13-21(32(37)38)15-24(22)33(39)40/h5-15,30H,2-4,16H2,1H3,(H,29,34)/b31-23+. The van der Waals surface area contributed by atoms with Gasteiger partial charge in [-0.1, -0.05) is 28.1 Å². The number of anilines is 2. The molecule has 14 nitrogen and oxygen atoms in total. The predicted octanol–water partition coefficient (Wildman–Crippen LogP) is 5.22. The molecule has 0 aliphatic heterocycles. The van der Waals surface area contributed by atoms with Gasteiger partial charge in [-0.05, 0) is 48.9 Å². The van der Waals surface area contributed by atoms with Gasteiger partial charge >= 0.3 is 17.6 Å². The maximum absolute atomic E-state index is 12.4. The highest BCUT2D eigenvalue weighted by Crippen LogP contribution is 2.29. The van der Waals surface area contributed by atoms with E-state index in [1.165, 1.54) is 19.2 Å². The van der Waals surface area contributed by atoms with Crippen molar-refractivity contribution in [2.75, 3.05) is 24.5 Å². The lowest BCUT2D eigenvalue weighted by Gasteiger charge is -2.10. The predicted molar refractivity (Wildman–Crippen MR) is 155 cm³/mol. The fourth-order valence-electron chi connectivity index (χ4n) is 3.47. The number of carbonyl (C=O) groups is 3. The highest BCUT2D eigenvalue weighted by Gasteiger charge is 2.20. The van der Waals surface area contributed by atoms with Crippen LogP contribution in [0.15, 0.2) is 76.3 Å². The lowest BCUT2D eigenvalue weighted by atomic mass is 10.1. The van der Waals surface area contributed by atoms with Crippen LogP contribution in [-0.4, -0.2) is 47.1 Å². The van der Waals surface area contributed by atoms with Crippen molar-refractivity contribution in [2.45, 2.75) is 19.3 Å². The van der Waals surface area contributed by atoms with E-state index in [-0.39, 0.29) is 43.2 Å². The third-order valence-corrected chi connectivity index (χ3v) is 6.15. The fraction of sp³-hybridized carbons (Fsp3) is 0.185. The van der Waals surface area contributed by atoms with Gasteiger partial charge < -0.3 is 14.8 Å². The van der Waals surface area contributed by atoms with Crippen molar-refractivity contribution >= 4 is 62.2 Å². The molecule has 0 saturated carbocycles. The number of halogens is 1. The molecule has 3 aromatic carbocycles. The summed E-state index contributed by atoms with van der Waals surface area (Å²) >= 11 is 3.33. The molecule has 0 bridgehead atoms. The van der Waals surface area contributed by atoms with Gasteiger partial charge in [0.05, 0.1) is 28.6 Å². The second-order valence-electron chi connectivity index (χ2n) is 8.52. The molecule has 1 amide bonds. The van der Waals surface area contributed by atoms with E-state index in [0.717, 1.165) is 22.7 Å². The molecule has 0 heterocycles. The number of ether oxygens (including phenoxy) is 2. The van der Waals surface area contributed by atoms with Gasteiger partial charge in [0.25, 0.3) is 5.69 Å². The molecule has 0 unspecified atom stereocenters.